The summed E-state index contributed by atoms with van der Waals surface area (Å²) in [5.41, 5.74) is 0.571. The molecule has 1 fully saturated rings. The number of ether oxygens (including phenoxy) is 1. The van der Waals surface area contributed by atoms with Crippen molar-refractivity contribution in [2.75, 3.05) is 6.54 Å². The standard InChI is InChI=1S/C29H47N3O5/c1-7-8-9-13-18-32(27(35)21(3)30-28(36)37-29(4,5)6)25(22-16-17-24(33)20(2)19-22)26(34)31-23-14-11-10-12-15-23/h16-17,19,21,23,25,33H,7-15,18H2,1-6H3,(H,30,36)(H,31,34). The summed E-state index contributed by atoms with van der Waals surface area (Å²) in [7, 11) is 0. The molecule has 208 valence electrons. The zero-order chi connectivity index (χ0) is 27.6. The van der Waals surface area contributed by atoms with Crippen molar-refractivity contribution < 1.29 is 24.2 Å². The number of phenols is 1. The summed E-state index contributed by atoms with van der Waals surface area (Å²) in [6.45, 7) is 11.2. The van der Waals surface area contributed by atoms with Crippen LogP contribution in [0.2, 0.25) is 0 Å². The highest BCUT2D eigenvalue weighted by Gasteiger charge is 2.35. The molecule has 0 heterocycles. The van der Waals surface area contributed by atoms with Crippen LogP contribution in [0.3, 0.4) is 0 Å². The van der Waals surface area contributed by atoms with Gasteiger partial charge in [-0.1, -0.05) is 51.5 Å². The first kappa shape index (κ1) is 30.5. The molecule has 3 N–H and O–H groups in total. The minimum Gasteiger partial charge on any atom is -0.508 e. The van der Waals surface area contributed by atoms with Gasteiger partial charge in [-0.2, -0.15) is 0 Å². The molecule has 37 heavy (non-hydrogen) atoms. The minimum absolute atomic E-state index is 0.0799. The number of amides is 3. The number of rotatable bonds is 11. The van der Waals surface area contributed by atoms with E-state index in [0.29, 0.717) is 17.7 Å². The number of benzene rings is 1. The molecule has 8 nitrogen and oxygen atoms in total. The molecular weight excluding hydrogens is 470 g/mol. The van der Waals surface area contributed by atoms with Gasteiger partial charge in [0.05, 0.1) is 0 Å². The van der Waals surface area contributed by atoms with Crippen molar-refractivity contribution in [2.24, 2.45) is 0 Å². The number of aryl methyl sites for hydroxylation is 1. The molecule has 0 radical (unpaired) electrons. The van der Waals surface area contributed by atoms with E-state index in [4.69, 9.17) is 4.74 Å². The quantitative estimate of drug-likeness (QED) is 0.335. The lowest BCUT2D eigenvalue weighted by molar-refractivity contribution is -0.142. The average Bonchev–Trinajstić information content (AvgIpc) is 2.82. The van der Waals surface area contributed by atoms with Crippen LogP contribution < -0.4 is 10.6 Å². The van der Waals surface area contributed by atoms with Crippen LogP contribution in [0, 0.1) is 6.92 Å². The highest BCUT2D eigenvalue weighted by Crippen LogP contribution is 2.28. The Kier molecular flexibility index (Phi) is 11.7. The Labute approximate surface area is 222 Å². The second-order valence-electron chi connectivity index (χ2n) is 11.3. The molecule has 3 amide bonds. The van der Waals surface area contributed by atoms with Crippen LogP contribution >= 0.6 is 0 Å². The Balaban J connectivity index is 2.38. The lowest BCUT2D eigenvalue weighted by atomic mass is 9.94. The van der Waals surface area contributed by atoms with Gasteiger partial charge in [0.2, 0.25) is 11.8 Å². The molecule has 2 atom stereocenters. The van der Waals surface area contributed by atoms with E-state index in [2.05, 4.69) is 17.6 Å². The summed E-state index contributed by atoms with van der Waals surface area (Å²) in [6, 6.07) is 3.34. The zero-order valence-corrected chi connectivity index (χ0v) is 23.6. The summed E-state index contributed by atoms with van der Waals surface area (Å²) in [5, 5.41) is 15.9. The maximum Gasteiger partial charge on any atom is 0.408 e. The van der Waals surface area contributed by atoms with Gasteiger partial charge in [-0.05, 0) is 77.1 Å². The maximum absolute atomic E-state index is 13.8. The topological polar surface area (TPSA) is 108 Å². The van der Waals surface area contributed by atoms with Crippen molar-refractivity contribution in [3.05, 3.63) is 29.3 Å². The molecule has 1 saturated carbocycles. The minimum atomic E-state index is -0.885. The van der Waals surface area contributed by atoms with Crippen LogP contribution in [0.4, 0.5) is 4.79 Å². The van der Waals surface area contributed by atoms with Crippen LogP contribution in [0.25, 0.3) is 0 Å². The molecule has 0 spiro atoms. The molecule has 8 heteroatoms. The van der Waals surface area contributed by atoms with E-state index in [1.807, 2.05) is 0 Å². The number of hydrogen-bond acceptors (Lipinski definition) is 5. The van der Waals surface area contributed by atoms with Crippen LogP contribution in [-0.2, 0) is 14.3 Å². The van der Waals surface area contributed by atoms with Gasteiger partial charge in [0.1, 0.15) is 23.4 Å². The largest absolute Gasteiger partial charge is 0.508 e. The van der Waals surface area contributed by atoms with Crippen molar-refractivity contribution in [1.29, 1.82) is 0 Å². The first-order valence-corrected chi connectivity index (χ1v) is 13.8. The van der Waals surface area contributed by atoms with Crippen LogP contribution in [0.1, 0.15) is 110 Å². The molecule has 0 bridgehead atoms. The second kappa shape index (κ2) is 14.2. The second-order valence-corrected chi connectivity index (χ2v) is 11.3. The van der Waals surface area contributed by atoms with E-state index in [-0.39, 0.29) is 23.6 Å². The normalized spacial score (nSPS) is 15.9. The van der Waals surface area contributed by atoms with Gasteiger partial charge < -0.3 is 25.4 Å². The molecule has 2 rings (SSSR count). The van der Waals surface area contributed by atoms with Crippen molar-refractivity contribution >= 4 is 17.9 Å². The molecule has 0 saturated heterocycles. The van der Waals surface area contributed by atoms with Gasteiger partial charge in [-0.15, -0.1) is 0 Å². The van der Waals surface area contributed by atoms with Crippen LogP contribution in [0.5, 0.6) is 5.75 Å². The Morgan fingerprint density at radius 1 is 1.11 bits per heavy atom. The highest BCUT2D eigenvalue weighted by molar-refractivity contribution is 5.92. The van der Waals surface area contributed by atoms with Crippen molar-refractivity contribution in [3.63, 3.8) is 0 Å². The predicted octanol–water partition coefficient (Wildman–Crippen LogP) is 5.51. The van der Waals surface area contributed by atoms with E-state index in [1.54, 1.807) is 57.7 Å². The first-order valence-electron chi connectivity index (χ1n) is 13.8. The van der Waals surface area contributed by atoms with E-state index in [0.717, 1.165) is 51.4 Å². The van der Waals surface area contributed by atoms with Crippen molar-refractivity contribution in [3.8, 4) is 5.75 Å². The molecule has 1 aliphatic carbocycles. The fourth-order valence-electron chi connectivity index (χ4n) is 4.72. The maximum atomic E-state index is 13.8. The third-order valence-corrected chi connectivity index (χ3v) is 6.69. The van der Waals surface area contributed by atoms with Gasteiger partial charge in [0, 0.05) is 12.6 Å². The predicted molar refractivity (Wildman–Crippen MR) is 145 cm³/mol. The van der Waals surface area contributed by atoms with Gasteiger partial charge in [-0.25, -0.2) is 4.79 Å². The third-order valence-electron chi connectivity index (χ3n) is 6.69. The number of nitrogens with zero attached hydrogens (tertiary/aromatic N) is 1. The molecular formula is C29H47N3O5. The van der Waals surface area contributed by atoms with Crippen molar-refractivity contribution in [2.45, 2.75) is 123 Å². The van der Waals surface area contributed by atoms with Gasteiger partial charge in [-0.3, -0.25) is 9.59 Å². The lowest BCUT2D eigenvalue weighted by Gasteiger charge is -2.35. The summed E-state index contributed by atoms with van der Waals surface area (Å²) in [5.74, 6) is -0.446. The average molecular weight is 518 g/mol. The number of hydrogen-bond donors (Lipinski definition) is 3. The molecule has 1 aromatic rings. The molecule has 0 aliphatic heterocycles. The van der Waals surface area contributed by atoms with Crippen LogP contribution in [0.15, 0.2) is 18.2 Å². The monoisotopic (exact) mass is 517 g/mol. The number of carbonyl (C=O) groups excluding carboxylic acids is 3. The summed E-state index contributed by atoms with van der Waals surface area (Å²) >= 11 is 0. The highest BCUT2D eigenvalue weighted by atomic mass is 16.6. The fraction of sp³-hybridized carbons (Fsp3) is 0.690. The number of carbonyl (C=O) groups is 3. The SMILES string of the molecule is CCCCCCN(C(=O)C(C)NC(=O)OC(C)(C)C)C(C(=O)NC1CCCCC1)c1ccc(O)c(C)c1. The summed E-state index contributed by atoms with van der Waals surface area (Å²) in [4.78, 5) is 41.6. The molecule has 1 aromatic carbocycles. The Morgan fingerprint density at radius 3 is 2.38 bits per heavy atom. The summed E-state index contributed by atoms with van der Waals surface area (Å²) < 4.78 is 5.35. The van der Waals surface area contributed by atoms with E-state index >= 15 is 0 Å². The van der Waals surface area contributed by atoms with E-state index in [1.165, 1.54) is 6.42 Å². The first-order chi connectivity index (χ1) is 17.4. The number of nitrogens with one attached hydrogen (secondary N) is 2. The van der Waals surface area contributed by atoms with Gasteiger partial charge in [0.25, 0.3) is 0 Å². The fourth-order valence-corrected chi connectivity index (χ4v) is 4.72. The molecule has 2 unspecified atom stereocenters. The van der Waals surface area contributed by atoms with Gasteiger partial charge >= 0.3 is 6.09 Å². The molecule has 0 aromatic heterocycles. The zero-order valence-electron chi connectivity index (χ0n) is 23.6. The molecule has 1 aliphatic rings. The third kappa shape index (κ3) is 9.90. The number of unbranched alkanes of at least 4 members (excludes halogenated alkanes) is 3. The number of phenolic OH excluding ortho intramolecular Hbond substituents is 1. The Bertz CT molecular complexity index is 905. The van der Waals surface area contributed by atoms with Crippen LogP contribution in [-0.4, -0.2) is 52.1 Å². The Morgan fingerprint density at radius 2 is 1.78 bits per heavy atom. The van der Waals surface area contributed by atoms with Gasteiger partial charge in [0.15, 0.2) is 0 Å². The lowest BCUT2D eigenvalue weighted by Crippen LogP contribution is -2.53. The van der Waals surface area contributed by atoms with E-state index in [9.17, 15) is 19.5 Å². The summed E-state index contributed by atoms with van der Waals surface area (Å²) in [6.07, 6.45) is 8.24. The Hall–Kier alpha value is -2.77. The smallest absolute Gasteiger partial charge is 0.408 e. The van der Waals surface area contributed by atoms with Crippen molar-refractivity contribution in [1.82, 2.24) is 15.5 Å². The van der Waals surface area contributed by atoms with E-state index < -0.39 is 23.8 Å². The number of alkyl carbamates (subject to hydrolysis) is 1. The number of aromatic hydroxyl groups is 1.